The van der Waals surface area contributed by atoms with Gasteiger partial charge in [-0.1, -0.05) is 45.9 Å². The Labute approximate surface area is 137 Å². The van der Waals surface area contributed by atoms with Crippen LogP contribution in [0.3, 0.4) is 0 Å². The van der Waals surface area contributed by atoms with Crippen LogP contribution >= 0.6 is 0 Å². The lowest BCUT2D eigenvalue weighted by molar-refractivity contribution is 0.0948. The molecule has 0 unspecified atom stereocenters. The summed E-state index contributed by atoms with van der Waals surface area (Å²) in [6, 6.07) is 8.08. The Hall–Kier alpha value is -2.43. The number of hydrogen-bond acceptors (Lipinski definition) is 4. The van der Waals surface area contributed by atoms with Crippen molar-refractivity contribution in [2.24, 2.45) is 5.92 Å². The number of amides is 1. The third-order valence-corrected chi connectivity index (χ3v) is 3.41. The fourth-order valence-electron chi connectivity index (χ4n) is 2.14. The summed E-state index contributed by atoms with van der Waals surface area (Å²) >= 11 is 0. The van der Waals surface area contributed by atoms with Gasteiger partial charge in [-0.05, 0) is 23.5 Å². The van der Waals surface area contributed by atoms with E-state index in [0.29, 0.717) is 29.9 Å². The molecule has 0 saturated carbocycles. The van der Waals surface area contributed by atoms with E-state index < -0.39 is 0 Å². The first-order valence-corrected chi connectivity index (χ1v) is 7.93. The molecule has 0 saturated heterocycles. The predicted molar refractivity (Wildman–Crippen MR) is 93.0 cm³/mol. The Balaban J connectivity index is 2.07. The average Bonchev–Trinajstić information content (AvgIpc) is 2.53. The van der Waals surface area contributed by atoms with Crippen molar-refractivity contribution < 1.29 is 4.79 Å². The Bertz CT molecular complexity index is 650. The molecule has 0 atom stereocenters. The third kappa shape index (κ3) is 4.77. The number of para-hydroxylation sites is 1. The molecule has 1 aromatic carbocycles. The molecule has 0 spiro atoms. The number of carbonyl (C=O) groups is 1. The molecule has 0 aliphatic carbocycles. The molecule has 23 heavy (non-hydrogen) atoms. The van der Waals surface area contributed by atoms with Gasteiger partial charge in [0, 0.05) is 24.6 Å². The van der Waals surface area contributed by atoms with Crippen LogP contribution in [0.4, 0.5) is 11.6 Å². The van der Waals surface area contributed by atoms with Crippen LogP contribution in [0.1, 0.15) is 49.5 Å². The minimum absolute atomic E-state index is 0.146. The van der Waals surface area contributed by atoms with Crippen molar-refractivity contribution in [3.05, 3.63) is 47.8 Å². The monoisotopic (exact) mass is 312 g/mol. The number of hydrogen-bond donors (Lipinski definition) is 2. The number of anilines is 2. The second-order valence-electron chi connectivity index (χ2n) is 6.27. The van der Waals surface area contributed by atoms with E-state index in [1.807, 2.05) is 18.2 Å². The second-order valence-corrected chi connectivity index (χ2v) is 6.27. The van der Waals surface area contributed by atoms with Crippen LogP contribution in [0, 0.1) is 5.92 Å². The van der Waals surface area contributed by atoms with Crippen molar-refractivity contribution >= 4 is 17.5 Å². The van der Waals surface area contributed by atoms with Crippen LogP contribution in [0.5, 0.6) is 0 Å². The Morgan fingerprint density at radius 2 is 1.74 bits per heavy atom. The maximum Gasteiger partial charge on any atom is 0.254 e. The lowest BCUT2D eigenvalue weighted by atomic mass is 10.0. The minimum atomic E-state index is -0.146. The van der Waals surface area contributed by atoms with Gasteiger partial charge in [-0.15, -0.1) is 0 Å². The van der Waals surface area contributed by atoms with Gasteiger partial charge in [-0.2, -0.15) is 0 Å². The summed E-state index contributed by atoms with van der Waals surface area (Å²) in [5.74, 6) is 1.15. The quantitative estimate of drug-likeness (QED) is 0.853. The highest BCUT2D eigenvalue weighted by Crippen LogP contribution is 2.25. The molecule has 0 bridgehead atoms. The minimum Gasteiger partial charge on any atom is -0.352 e. The predicted octanol–water partition coefficient (Wildman–Crippen LogP) is 3.73. The van der Waals surface area contributed by atoms with Gasteiger partial charge >= 0.3 is 0 Å². The average molecular weight is 312 g/mol. The molecular weight excluding hydrogens is 288 g/mol. The van der Waals surface area contributed by atoms with Crippen molar-refractivity contribution in [1.29, 1.82) is 0 Å². The van der Waals surface area contributed by atoms with Crippen molar-refractivity contribution in [3.8, 4) is 0 Å². The van der Waals surface area contributed by atoms with Gasteiger partial charge in [0.15, 0.2) is 0 Å². The summed E-state index contributed by atoms with van der Waals surface area (Å²) in [6.45, 7) is 9.03. The third-order valence-electron chi connectivity index (χ3n) is 3.41. The number of carbonyl (C=O) groups excluding carboxylic acids is 1. The van der Waals surface area contributed by atoms with Crippen LogP contribution < -0.4 is 10.6 Å². The molecule has 2 aromatic rings. The van der Waals surface area contributed by atoms with Gasteiger partial charge in [0.05, 0.1) is 5.56 Å². The molecule has 2 N–H and O–H groups in total. The normalized spacial score (nSPS) is 10.9. The van der Waals surface area contributed by atoms with Gasteiger partial charge in [-0.25, -0.2) is 9.97 Å². The van der Waals surface area contributed by atoms with E-state index in [-0.39, 0.29) is 5.91 Å². The molecule has 122 valence electrons. The number of benzene rings is 1. The molecular formula is C18H24N4O. The molecule has 5 nitrogen and oxygen atoms in total. The van der Waals surface area contributed by atoms with Crippen molar-refractivity contribution in [2.75, 3.05) is 11.9 Å². The van der Waals surface area contributed by atoms with Crippen LogP contribution in [-0.4, -0.2) is 22.4 Å². The first kappa shape index (κ1) is 16.9. The van der Waals surface area contributed by atoms with E-state index in [2.05, 4.69) is 54.4 Å². The van der Waals surface area contributed by atoms with E-state index in [1.54, 1.807) is 12.4 Å². The summed E-state index contributed by atoms with van der Waals surface area (Å²) in [6.07, 6.45) is 3.09. The molecule has 0 fully saturated rings. The van der Waals surface area contributed by atoms with Gasteiger partial charge in [-0.3, -0.25) is 4.79 Å². The fraction of sp³-hybridized carbons (Fsp3) is 0.389. The van der Waals surface area contributed by atoms with Crippen LogP contribution in [0.15, 0.2) is 36.7 Å². The maximum atomic E-state index is 12.0. The highest BCUT2D eigenvalue weighted by molar-refractivity contribution is 5.93. The van der Waals surface area contributed by atoms with E-state index >= 15 is 0 Å². The van der Waals surface area contributed by atoms with Crippen LogP contribution in [0.2, 0.25) is 0 Å². The van der Waals surface area contributed by atoms with Gasteiger partial charge in [0.25, 0.3) is 5.91 Å². The molecule has 1 heterocycles. The lowest BCUT2D eigenvalue weighted by Crippen LogP contribution is -2.27. The zero-order valence-corrected chi connectivity index (χ0v) is 14.1. The Morgan fingerprint density at radius 1 is 1.09 bits per heavy atom. The summed E-state index contributed by atoms with van der Waals surface area (Å²) in [5.41, 5.74) is 2.66. The zero-order chi connectivity index (χ0) is 16.8. The second kappa shape index (κ2) is 7.72. The van der Waals surface area contributed by atoms with E-state index in [1.165, 1.54) is 5.56 Å². The lowest BCUT2D eigenvalue weighted by Gasteiger charge is -2.13. The van der Waals surface area contributed by atoms with Crippen molar-refractivity contribution in [2.45, 2.75) is 33.6 Å². The standard InChI is InChI=1S/C18H24N4O/c1-12(2)9-19-17(23)14-10-20-18(21-11-14)22-16-8-6-5-7-15(16)13(3)4/h5-8,10-13H,9H2,1-4H3,(H,19,23)(H,20,21,22). The molecule has 0 aliphatic heterocycles. The molecule has 1 aromatic heterocycles. The Morgan fingerprint density at radius 3 is 2.35 bits per heavy atom. The number of rotatable bonds is 6. The smallest absolute Gasteiger partial charge is 0.254 e. The highest BCUT2D eigenvalue weighted by Gasteiger charge is 2.09. The summed E-state index contributed by atoms with van der Waals surface area (Å²) < 4.78 is 0. The molecule has 2 rings (SSSR count). The first-order valence-electron chi connectivity index (χ1n) is 7.93. The van der Waals surface area contributed by atoms with Crippen LogP contribution in [0.25, 0.3) is 0 Å². The molecule has 1 amide bonds. The molecule has 0 aliphatic rings. The van der Waals surface area contributed by atoms with E-state index in [0.717, 1.165) is 5.69 Å². The molecule has 5 heteroatoms. The number of nitrogens with one attached hydrogen (secondary N) is 2. The van der Waals surface area contributed by atoms with Gasteiger partial charge < -0.3 is 10.6 Å². The maximum absolute atomic E-state index is 12.0. The SMILES string of the molecule is CC(C)CNC(=O)c1cnc(Nc2ccccc2C(C)C)nc1. The largest absolute Gasteiger partial charge is 0.352 e. The van der Waals surface area contributed by atoms with Gasteiger partial charge in [0.2, 0.25) is 5.95 Å². The fourth-order valence-corrected chi connectivity index (χ4v) is 2.14. The topological polar surface area (TPSA) is 66.9 Å². The highest BCUT2D eigenvalue weighted by atomic mass is 16.1. The van der Waals surface area contributed by atoms with Crippen molar-refractivity contribution in [1.82, 2.24) is 15.3 Å². The zero-order valence-electron chi connectivity index (χ0n) is 14.1. The summed E-state index contributed by atoms with van der Waals surface area (Å²) in [7, 11) is 0. The summed E-state index contributed by atoms with van der Waals surface area (Å²) in [5, 5.41) is 6.07. The van der Waals surface area contributed by atoms with Crippen LogP contribution in [-0.2, 0) is 0 Å². The van der Waals surface area contributed by atoms with Gasteiger partial charge in [0.1, 0.15) is 0 Å². The summed E-state index contributed by atoms with van der Waals surface area (Å²) in [4.78, 5) is 20.4. The van der Waals surface area contributed by atoms with E-state index in [9.17, 15) is 4.79 Å². The van der Waals surface area contributed by atoms with E-state index in [4.69, 9.17) is 0 Å². The Kier molecular flexibility index (Phi) is 5.68. The molecule has 0 radical (unpaired) electrons. The number of aromatic nitrogens is 2. The first-order chi connectivity index (χ1) is 11.0. The van der Waals surface area contributed by atoms with Crippen molar-refractivity contribution in [3.63, 3.8) is 0 Å². The number of nitrogens with zero attached hydrogens (tertiary/aromatic N) is 2.